The summed E-state index contributed by atoms with van der Waals surface area (Å²) in [5, 5.41) is 0. The predicted molar refractivity (Wildman–Crippen MR) is 121 cm³/mol. The van der Waals surface area contributed by atoms with Crippen molar-refractivity contribution in [2.45, 2.75) is 25.8 Å². The maximum atomic E-state index is 12.7. The van der Waals surface area contributed by atoms with E-state index in [2.05, 4.69) is 0 Å². The summed E-state index contributed by atoms with van der Waals surface area (Å²) >= 11 is 0. The molecule has 0 saturated carbocycles. The molecule has 0 spiro atoms. The van der Waals surface area contributed by atoms with Crippen LogP contribution in [0.1, 0.15) is 5.56 Å². The molecule has 0 aliphatic carbocycles. The van der Waals surface area contributed by atoms with Crippen LogP contribution in [-0.2, 0) is 27.2 Å². The van der Waals surface area contributed by atoms with Crippen LogP contribution in [0.4, 0.5) is 13.2 Å². The molecule has 0 atom stereocenters. The molecule has 0 N–H and O–H groups in total. The van der Waals surface area contributed by atoms with E-state index in [1.165, 1.54) is 0 Å². The zero-order valence-electron chi connectivity index (χ0n) is 17.1. The van der Waals surface area contributed by atoms with Crippen molar-refractivity contribution in [3.63, 3.8) is 0 Å². The largest absolute Gasteiger partial charge is 0.416 e. The van der Waals surface area contributed by atoms with Crippen LogP contribution >= 0.6 is 0 Å². The van der Waals surface area contributed by atoms with Crippen molar-refractivity contribution < 1.29 is 25.8 Å². The average molecular weight is 488 g/mol. The molecule has 4 aromatic carbocycles. The van der Waals surface area contributed by atoms with E-state index in [0.29, 0.717) is 12.1 Å². The first-order valence-electron chi connectivity index (χ1n) is 9.80. The highest BCUT2D eigenvalue weighted by atomic mass is 32.2. The van der Waals surface area contributed by atoms with Crippen LogP contribution in [-0.4, -0.2) is 8.42 Å². The first kappa shape index (κ1) is 22.9. The Balaban J connectivity index is 1.59. The fourth-order valence-corrected chi connectivity index (χ4v) is 6.15. The first-order chi connectivity index (χ1) is 15.7. The molecule has 4 aromatic rings. The van der Waals surface area contributed by atoms with E-state index >= 15 is 0 Å². The zero-order valence-corrected chi connectivity index (χ0v) is 18.7. The van der Waals surface area contributed by atoms with Gasteiger partial charge in [-0.05, 0) is 72.8 Å². The number of halogens is 3. The quantitative estimate of drug-likeness (QED) is 0.228. The summed E-state index contributed by atoms with van der Waals surface area (Å²) in [6, 6.07) is 29.8. The second-order valence-electron chi connectivity index (χ2n) is 6.96. The molecule has 168 valence electrons. The highest BCUT2D eigenvalue weighted by Crippen LogP contribution is 2.33. The second-order valence-corrected chi connectivity index (χ2v) is 10.5. The number of hydrogen-bond donors (Lipinski definition) is 0. The summed E-state index contributed by atoms with van der Waals surface area (Å²) in [7, 11) is -4.68. The summed E-state index contributed by atoms with van der Waals surface area (Å²) in [5.41, 5.74) is -0.931. The highest BCUT2D eigenvalue weighted by molar-refractivity contribution is 7.97. The molecule has 0 heterocycles. The van der Waals surface area contributed by atoms with Crippen LogP contribution in [0.3, 0.4) is 0 Å². The van der Waals surface area contributed by atoms with Gasteiger partial charge in [0.15, 0.2) is 14.7 Å². The molecule has 0 bridgehead atoms. The van der Waals surface area contributed by atoms with Crippen molar-refractivity contribution in [1.29, 1.82) is 0 Å². The number of rotatable bonds is 6. The molecule has 0 radical (unpaired) electrons. The first-order valence-corrected chi connectivity index (χ1v) is 12.4. The van der Waals surface area contributed by atoms with Gasteiger partial charge in [-0.3, -0.25) is 0 Å². The van der Waals surface area contributed by atoms with Gasteiger partial charge in [0.25, 0.3) is 0 Å². The Hall–Kier alpha value is -3.23. The summed E-state index contributed by atoms with van der Waals surface area (Å²) in [4.78, 5) is 2.82. The van der Waals surface area contributed by atoms with Gasteiger partial charge in [-0.25, -0.2) is 0 Å². The van der Waals surface area contributed by atoms with E-state index in [9.17, 15) is 21.6 Å². The van der Waals surface area contributed by atoms with Gasteiger partial charge in [0, 0.05) is 0 Å². The summed E-state index contributed by atoms with van der Waals surface area (Å²) in [6.07, 6.45) is -4.55. The fraction of sp³-hybridized carbons (Fsp3) is 0.0400. The van der Waals surface area contributed by atoms with E-state index < -0.39 is 32.8 Å². The Morgan fingerprint density at radius 1 is 0.606 bits per heavy atom. The van der Waals surface area contributed by atoms with Crippen LogP contribution in [0.5, 0.6) is 5.75 Å². The van der Waals surface area contributed by atoms with Crippen LogP contribution < -0.4 is 4.18 Å². The molecule has 4 rings (SSSR count). The third kappa shape index (κ3) is 5.40. The molecule has 0 unspecified atom stereocenters. The topological polar surface area (TPSA) is 43.4 Å². The summed E-state index contributed by atoms with van der Waals surface area (Å²) in [5.74, 6) is 0.0725. The lowest BCUT2D eigenvalue weighted by Crippen LogP contribution is -2.11. The Kier molecular flexibility index (Phi) is 6.49. The van der Waals surface area contributed by atoms with Gasteiger partial charge in [-0.15, -0.1) is 0 Å². The smallest absolute Gasteiger partial charge is 0.379 e. The molecule has 0 fully saturated rings. The third-order valence-electron chi connectivity index (χ3n) is 4.69. The Morgan fingerprint density at radius 3 is 1.52 bits per heavy atom. The van der Waals surface area contributed by atoms with Gasteiger partial charge in [0.1, 0.15) is 10.6 Å². The van der Waals surface area contributed by atoms with Gasteiger partial charge < -0.3 is 4.18 Å². The molecule has 0 aromatic heterocycles. The predicted octanol–water partition coefficient (Wildman–Crippen LogP) is 6.57. The van der Waals surface area contributed by atoms with E-state index in [1.807, 2.05) is 60.7 Å². The molecule has 3 nitrogen and oxygen atoms in total. The van der Waals surface area contributed by atoms with Crippen molar-refractivity contribution in [3.05, 3.63) is 115 Å². The molecule has 33 heavy (non-hydrogen) atoms. The van der Waals surface area contributed by atoms with Gasteiger partial charge in [0.2, 0.25) is 0 Å². The standard InChI is InChI=1S/C25H18F3O3S2/c26-25(27,28)19-11-17-24(18-12-19)33(29,30)31-20-13-15-23(16-14-20)32(21-7-3-1-4-8-21)22-9-5-2-6-10-22/h1-18H/q+1. The minimum absolute atomic E-state index is 0.0725. The van der Waals surface area contributed by atoms with Gasteiger partial charge >= 0.3 is 16.3 Å². The molecular weight excluding hydrogens is 469 g/mol. The van der Waals surface area contributed by atoms with Crippen molar-refractivity contribution in [2.75, 3.05) is 0 Å². The maximum Gasteiger partial charge on any atom is 0.416 e. The van der Waals surface area contributed by atoms with Gasteiger partial charge in [-0.1, -0.05) is 36.4 Å². The Bertz CT molecular complexity index is 1270. The molecule has 0 saturated heterocycles. The number of benzene rings is 4. The van der Waals surface area contributed by atoms with Crippen LogP contribution in [0.2, 0.25) is 0 Å². The van der Waals surface area contributed by atoms with Crippen LogP contribution in [0.15, 0.2) is 129 Å². The third-order valence-corrected chi connectivity index (χ3v) is 8.19. The van der Waals surface area contributed by atoms with Crippen molar-refractivity contribution in [3.8, 4) is 5.75 Å². The Morgan fingerprint density at radius 2 is 1.06 bits per heavy atom. The van der Waals surface area contributed by atoms with E-state index in [4.69, 9.17) is 4.18 Å². The van der Waals surface area contributed by atoms with E-state index in [-0.39, 0.29) is 10.6 Å². The minimum atomic E-state index is -4.55. The second kappa shape index (κ2) is 9.33. The van der Waals surface area contributed by atoms with E-state index in [0.717, 1.165) is 26.8 Å². The average Bonchev–Trinajstić information content (AvgIpc) is 2.81. The van der Waals surface area contributed by atoms with Crippen molar-refractivity contribution >= 4 is 21.0 Å². The van der Waals surface area contributed by atoms with Gasteiger partial charge in [0.05, 0.1) is 16.5 Å². The normalized spacial score (nSPS) is 12.0. The lowest BCUT2D eigenvalue weighted by atomic mass is 10.2. The summed E-state index contributed by atoms with van der Waals surface area (Å²) in [6.45, 7) is 0. The molecule has 8 heteroatoms. The minimum Gasteiger partial charge on any atom is -0.379 e. The van der Waals surface area contributed by atoms with Crippen LogP contribution in [0.25, 0.3) is 0 Å². The molecular formula is C25H18F3O3S2+. The maximum absolute atomic E-state index is 12.7. The van der Waals surface area contributed by atoms with Crippen LogP contribution in [0, 0.1) is 0 Å². The zero-order chi connectivity index (χ0) is 23.5. The highest BCUT2D eigenvalue weighted by Gasteiger charge is 2.31. The Labute approximate surface area is 193 Å². The number of hydrogen-bond acceptors (Lipinski definition) is 3. The lowest BCUT2D eigenvalue weighted by Gasteiger charge is -2.11. The molecule has 0 aliphatic heterocycles. The SMILES string of the molecule is O=S(=O)(Oc1ccc([S+](c2ccccc2)c2ccccc2)cc1)c1ccc(C(F)(F)F)cc1. The number of alkyl halides is 3. The molecule has 0 aliphatic rings. The van der Waals surface area contributed by atoms with Gasteiger partial charge in [-0.2, -0.15) is 21.6 Å². The van der Waals surface area contributed by atoms with E-state index in [1.54, 1.807) is 24.3 Å². The lowest BCUT2D eigenvalue weighted by molar-refractivity contribution is -0.137. The summed E-state index contributed by atoms with van der Waals surface area (Å²) < 4.78 is 68.4. The van der Waals surface area contributed by atoms with Crippen molar-refractivity contribution in [2.24, 2.45) is 0 Å². The molecule has 0 amide bonds. The monoisotopic (exact) mass is 487 g/mol. The fourth-order valence-electron chi connectivity index (χ4n) is 3.14. The van der Waals surface area contributed by atoms with Crippen molar-refractivity contribution in [1.82, 2.24) is 0 Å².